The molecule has 0 heterocycles. The number of sulfone groups is 1. The summed E-state index contributed by atoms with van der Waals surface area (Å²) in [7, 11) is -2.65. The van der Waals surface area contributed by atoms with Crippen LogP contribution in [-0.4, -0.2) is 31.5 Å². The van der Waals surface area contributed by atoms with Crippen LogP contribution in [0.1, 0.15) is 21.5 Å². The second-order valence-electron chi connectivity index (χ2n) is 6.96. The fourth-order valence-electron chi connectivity index (χ4n) is 3.02. The van der Waals surface area contributed by atoms with Gasteiger partial charge in [-0.1, -0.05) is 0 Å². The van der Waals surface area contributed by atoms with Crippen LogP contribution in [0.2, 0.25) is 0 Å². The van der Waals surface area contributed by atoms with E-state index in [4.69, 9.17) is 4.74 Å². The summed E-state index contributed by atoms with van der Waals surface area (Å²) in [5, 5.41) is 24.0. The molecule has 0 unspecified atom stereocenters. The number of rotatable bonds is 6. The molecule has 0 aliphatic carbocycles. The lowest BCUT2D eigenvalue weighted by molar-refractivity contribution is -0.384. The number of nitro benzene ring substituents is 1. The standard InChI is InChI=1S/C22H20N2O7S/c1-13-14(2)21(25)20(32(29,30)18-10-8-17(31-3)9-11-18)12-19(13)23-22(26)15-4-6-16(7-5-15)24(27)28/h4-12,25H,1-3H3,(H,23,26). The Morgan fingerprint density at radius 3 is 2.16 bits per heavy atom. The van der Waals surface area contributed by atoms with Crippen molar-refractivity contribution in [1.82, 2.24) is 0 Å². The molecule has 0 aliphatic heterocycles. The zero-order chi connectivity index (χ0) is 23.6. The van der Waals surface area contributed by atoms with Crippen LogP contribution in [-0.2, 0) is 9.84 Å². The largest absolute Gasteiger partial charge is 0.506 e. The molecule has 0 saturated heterocycles. The van der Waals surface area contributed by atoms with Gasteiger partial charge in [-0.3, -0.25) is 14.9 Å². The van der Waals surface area contributed by atoms with Crippen molar-refractivity contribution in [2.45, 2.75) is 23.6 Å². The third kappa shape index (κ3) is 4.26. The third-order valence-corrected chi connectivity index (χ3v) is 6.86. The summed E-state index contributed by atoms with van der Waals surface area (Å²) < 4.78 is 31.3. The first kappa shape index (κ1) is 22.8. The van der Waals surface area contributed by atoms with Gasteiger partial charge >= 0.3 is 0 Å². The number of phenols is 1. The highest BCUT2D eigenvalue weighted by molar-refractivity contribution is 7.91. The maximum absolute atomic E-state index is 13.1. The molecule has 166 valence electrons. The van der Waals surface area contributed by atoms with Gasteiger partial charge in [-0.2, -0.15) is 0 Å². The van der Waals surface area contributed by atoms with Crippen LogP contribution in [0, 0.1) is 24.0 Å². The number of methoxy groups -OCH3 is 1. The molecule has 0 aromatic heterocycles. The van der Waals surface area contributed by atoms with E-state index >= 15 is 0 Å². The number of aromatic hydroxyl groups is 1. The van der Waals surface area contributed by atoms with Crippen LogP contribution in [0.15, 0.2) is 64.4 Å². The van der Waals surface area contributed by atoms with Gasteiger partial charge in [0, 0.05) is 23.4 Å². The van der Waals surface area contributed by atoms with E-state index in [1.54, 1.807) is 13.8 Å². The summed E-state index contributed by atoms with van der Waals surface area (Å²) in [6.45, 7) is 3.17. The molecule has 3 rings (SSSR count). The van der Waals surface area contributed by atoms with Crippen molar-refractivity contribution >= 4 is 27.1 Å². The number of nitrogens with one attached hydrogen (secondary N) is 1. The highest BCUT2D eigenvalue weighted by Gasteiger charge is 2.26. The normalized spacial score (nSPS) is 11.1. The van der Waals surface area contributed by atoms with Gasteiger partial charge < -0.3 is 15.2 Å². The predicted molar refractivity (Wildman–Crippen MR) is 117 cm³/mol. The molecule has 10 heteroatoms. The number of anilines is 1. The predicted octanol–water partition coefficient (Wildman–Crippen LogP) is 4.01. The Bertz CT molecular complexity index is 1300. The number of nitro groups is 1. The first-order chi connectivity index (χ1) is 15.1. The van der Waals surface area contributed by atoms with E-state index in [1.807, 2.05) is 0 Å². The van der Waals surface area contributed by atoms with Gasteiger partial charge in [-0.25, -0.2) is 8.42 Å². The SMILES string of the molecule is COc1ccc(S(=O)(=O)c2cc(NC(=O)c3ccc([N+](=O)[O-])cc3)c(C)c(C)c2O)cc1. The van der Waals surface area contributed by atoms with Crippen molar-refractivity contribution in [2.24, 2.45) is 0 Å². The number of phenolic OH excluding ortho intramolecular Hbond substituents is 1. The minimum atomic E-state index is -4.10. The molecule has 2 N–H and O–H groups in total. The number of hydrogen-bond donors (Lipinski definition) is 2. The van der Waals surface area contributed by atoms with Gasteiger partial charge in [0.05, 0.1) is 16.9 Å². The fourth-order valence-corrected chi connectivity index (χ4v) is 4.45. The monoisotopic (exact) mass is 456 g/mol. The van der Waals surface area contributed by atoms with E-state index in [0.717, 1.165) is 0 Å². The second-order valence-corrected chi connectivity index (χ2v) is 8.88. The average molecular weight is 456 g/mol. The summed E-state index contributed by atoms with van der Waals surface area (Å²) in [6, 6.07) is 11.9. The molecule has 3 aromatic rings. The van der Waals surface area contributed by atoms with E-state index < -0.39 is 26.4 Å². The van der Waals surface area contributed by atoms with Gasteiger partial charge in [0.25, 0.3) is 11.6 Å². The van der Waals surface area contributed by atoms with Gasteiger partial charge in [-0.15, -0.1) is 0 Å². The van der Waals surface area contributed by atoms with Gasteiger partial charge in [0.15, 0.2) is 0 Å². The van der Waals surface area contributed by atoms with Crippen molar-refractivity contribution in [3.63, 3.8) is 0 Å². The van der Waals surface area contributed by atoms with Gasteiger partial charge in [0.1, 0.15) is 16.4 Å². The number of hydrogen-bond acceptors (Lipinski definition) is 7. The lowest BCUT2D eigenvalue weighted by Crippen LogP contribution is -2.14. The lowest BCUT2D eigenvalue weighted by atomic mass is 10.1. The van der Waals surface area contributed by atoms with Crippen LogP contribution in [0.4, 0.5) is 11.4 Å². The Labute approximate surface area is 184 Å². The molecule has 0 atom stereocenters. The van der Waals surface area contributed by atoms with Crippen LogP contribution >= 0.6 is 0 Å². The molecule has 0 fully saturated rings. The van der Waals surface area contributed by atoms with Crippen molar-refractivity contribution in [1.29, 1.82) is 0 Å². The highest BCUT2D eigenvalue weighted by Crippen LogP contribution is 2.37. The Hall–Kier alpha value is -3.92. The summed E-state index contributed by atoms with van der Waals surface area (Å²) in [5.41, 5.74) is 0.951. The minimum Gasteiger partial charge on any atom is -0.506 e. The molecule has 0 spiro atoms. The maximum atomic E-state index is 13.1. The van der Waals surface area contributed by atoms with Crippen molar-refractivity contribution < 1.29 is 28.0 Å². The molecule has 0 saturated carbocycles. The van der Waals surface area contributed by atoms with Crippen LogP contribution in [0.25, 0.3) is 0 Å². The molecule has 9 nitrogen and oxygen atoms in total. The number of ether oxygens (including phenoxy) is 1. The van der Waals surface area contributed by atoms with E-state index in [9.17, 15) is 28.4 Å². The number of non-ortho nitro benzene ring substituents is 1. The highest BCUT2D eigenvalue weighted by atomic mass is 32.2. The summed E-state index contributed by atoms with van der Waals surface area (Å²) >= 11 is 0. The molecule has 1 amide bonds. The van der Waals surface area contributed by atoms with Crippen molar-refractivity contribution in [2.75, 3.05) is 12.4 Å². The average Bonchev–Trinajstić information content (AvgIpc) is 2.79. The quantitative estimate of drug-likeness (QED) is 0.325. The number of benzene rings is 3. The summed E-state index contributed by atoms with van der Waals surface area (Å²) in [6.07, 6.45) is 0. The zero-order valence-corrected chi connectivity index (χ0v) is 18.3. The van der Waals surface area contributed by atoms with E-state index in [0.29, 0.717) is 16.9 Å². The molecule has 32 heavy (non-hydrogen) atoms. The van der Waals surface area contributed by atoms with Gasteiger partial charge in [-0.05, 0) is 67.4 Å². The van der Waals surface area contributed by atoms with E-state index in [2.05, 4.69) is 5.32 Å². The molecule has 0 aliphatic rings. The molecule has 3 aromatic carbocycles. The topological polar surface area (TPSA) is 136 Å². The maximum Gasteiger partial charge on any atom is 0.269 e. The Morgan fingerprint density at radius 2 is 1.62 bits per heavy atom. The second kappa shape index (κ2) is 8.67. The van der Waals surface area contributed by atoms with E-state index in [-0.39, 0.29) is 26.7 Å². The fraction of sp³-hybridized carbons (Fsp3) is 0.136. The smallest absolute Gasteiger partial charge is 0.269 e. The van der Waals surface area contributed by atoms with E-state index in [1.165, 1.54) is 61.7 Å². The number of amides is 1. The first-order valence-electron chi connectivity index (χ1n) is 9.34. The summed E-state index contributed by atoms with van der Waals surface area (Å²) in [4.78, 5) is 22.4. The molecular formula is C22H20N2O7S. The van der Waals surface area contributed by atoms with Crippen LogP contribution in [0.3, 0.4) is 0 Å². The Balaban J connectivity index is 2.01. The van der Waals surface area contributed by atoms with Gasteiger partial charge in [0.2, 0.25) is 9.84 Å². The van der Waals surface area contributed by atoms with Crippen molar-refractivity contribution in [3.05, 3.63) is 81.4 Å². The molecular weight excluding hydrogens is 436 g/mol. The number of nitrogens with zero attached hydrogens (tertiary/aromatic N) is 1. The Kier molecular flexibility index (Phi) is 6.17. The zero-order valence-electron chi connectivity index (χ0n) is 17.4. The molecule has 0 bridgehead atoms. The van der Waals surface area contributed by atoms with Crippen LogP contribution < -0.4 is 10.1 Å². The minimum absolute atomic E-state index is 0.0514. The lowest BCUT2D eigenvalue weighted by Gasteiger charge is -2.16. The third-order valence-electron chi connectivity index (χ3n) is 5.08. The number of carbonyl (C=O) groups is 1. The molecule has 0 radical (unpaired) electrons. The summed E-state index contributed by atoms with van der Waals surface area (Å²) in [5.74, 6) is -0.517. The number of carbonyl (C=O) groups excluding carboxylic acids is 1. The van der Waals surface area contributed by atoms with Crippen LogP contribution in [0.5, 0.6) is 11.5 Å². The van der Waals surface area contributed by atoms with Crippen molar-refractivity contribution in [3.8, 4) is 11.5 Å². The first-order valence-corrected chi connectivity index (χ1v) is 10.8. The Morgan fingerprint density at radius 1 is 1.03 bits per heavy atom.